The SMILES string of the molecule is CC(=O)Nc1ccc(S(=O)(=O)Nc2ccc(N3CCC(Cc4ccccc4)CC3)c(C(=O)NC(C)C)c2)cc1. The van der Waals surface area contributed by atoms with E-state index < -0.39 is 10.0 Å². The first-order chi connectivity index (χ1) is 18.6. The van der Waals surface area contributed by atoms with E-state index in [-0.39, 0.29) is 22.8 Å². The number of hydrogen-bond acceptors (Lipinski definition) is 5. The van der Waals surface area contributed by atoms with Gasteiger partial charge in [-0.25, -0.2) is 8.42 Å². The van der Waals surface area contributed by atoms with E-state index in [2.05, 4.69) is 44.5 Å². The van der Waals surface area contributed by atoms with Gasteiger partial charge in [-0.2, -0.15) is 0 Å². The van der Waals surface area contributed by atoms with Crippen LogP contribution in [0.15, 0.2) is 77.7 Å². The van der Waals surface area contributed by atoms with E-state index in [0.29, 0.717) is 22.9 Å². The Labute approximate surface area is 230 Å². The average Bonchev–Trinajstić information content (AvgIpc) is 2.89. The Hall–Kier alpha value is -3.85. The molecule has 3 aromatic carbocycles. The van der Waals surface area contributed by atoms with Gasteiger partial charge in [0.05, 0.1) is 10.5 Å². The molecule has 1 heterocycles. The molecule has 8 nitrogen and oxygen atoms in total. The lowest BCUT2D eigenvalue weighted by atomic mass is 9.89. The van der Waals surface area contributed by atoms with Gasteiger partial charge < -0.3 is 15.5 Å². The molecule has 0 saturated carbocycles. The zero-order chi connectivity index (χ0) is 28.0. The van der Waals surface area contributed by atoms with Crippen molar-refractivity contribution >= 4 is 38.9 Å². The molecule has 1 fully saturated rings. The molecule has 0 aromatic heterocycles. The number of rotatable bonds is 9. The molecule has 1 aliphatic rings. The lowest BCUT2D eigenvalue weighted by Crippen LogP contribution is -2.37. The summed E-state index contributed by atoms with van der Waals surface area (Å²) < 4.78 is 28.7. The molecule has 3 N–H and O–H groups in total. The van der Waals surface area contributed by atoms with Gasteiger partial charge in [0.2, 0.25) is 5.91 Å². The fraction of sp³-hybridized carbons (Fsp3) is 0.333. The molecule has 3 aromatic rings. The van der Waals surface area contributed by atoms with Crippen molar-refractivity contribution in [3.8, 4) is 0 Å². The summed E-state index contributed by atoms with van der Waals surface area (Å²) in [4.78, 5) is 26.7. The van der Waals surface area contributed by atoms with Crippen molar-refractivity contribution in [1.29, 1.82) is 0 Å². The highest BCUT2D eigenvalue weighted by molar-refractivity contribution is 7.92. The molecule has 4 rings (SSSR count). The van der Waals surface area contributed by atoms with Crippen LogP contribution in [0.4, 0.5) is 17.1 Å². The van der Waals surface area contributed by atoms with Crippen molar-refractivity contribution in [2.24, 2.45) is 5.92 Å². The third-order valence-electron chi connectivity index (χ3n) is 6.72. The first-order valence-corrected chi connectivity index (χ1v) is 14.7. The lowest BCUT2D eigenvalue weighted by molar-refractivity contribution is -0.114. The van der Waals surface area contributed by atoms with Crippen LogP contribution < -0.4 is 20.3 Å². The molecule has 0 aliphatic carbocycles. The summed E-state index contributed by atoms with van der Waals surface area (Å²) in [6.45, 7) is 6.82. The molecule has 206 valence electrons. The molecule has 0 spiro atoms. The standard InChI is InChI=1S/C30H36N4O4S/c1-21(2)31-30(36)28-20-26(33-39(37,38)27-12-9-25(10-13-27)32-22(3)35)11-14-29(28)34-17-15-24(16-18-34)19-23-7-5-4-6-8-23/h4-14,20-21,24,33H,15-19H2,1-3H3,(H,31,36)(H,32,35). The quantitative estimate of drug-likeness (QED) is 0.347. The van der Waals surface area contributed by atoms with Gasteiger partial charge in [0, 0.05) is 43.1 Å². The number of carbonyl (C=O) groups excluding carboxylic acids is 2. The number of carbonyl (C=O) groups is 2. The Morgan fingerprint density at radius 3 is 2.18 bits per heavy atom. The molecule has 0 radical (unpaired) electrons. The number of nitrogens with one attached hydrogen (secondary N) is 3. The summed E-state index contributed by atoms with van der Waals surface area (Å²) >= 11 is 0. The number of anilines is 3. The highest BCUT2D eigenvalue weighted by Gasteiger charge is 2.25. The maximum absolute atomic E-state index is 13.2. The van der Waals surface area contributed by atoms with Crippen LogP contribution in [0.2, 0.25) is 0 Å². The largest absolute Gasteiger partial charge is 0.371 e. The normalized spacial score (nSPS) is 14.2. The second-order valence-corrected chi connectivity index (χ2v) is 12.0. The monoisotopic (exact) mass is 548 g/mol. The predicted molar refractivity (Wildman–Crippen MR) is 156 cm³/mol. The Morgan fingerprint density at radius 2 is 1.56 bits per heavy atom. The zero-order valence-electron chi connectivity index (χ0n) is 22.6. The van der Waals surface area contributed by atoms with Crippen LogP contribution in [-0.4, -0.2) is 39.4 Å². The van der Waals surface area contributed by atoms with E-state index in [9.17, 15) is 18.0 Å². The minimum Gasteiger partial charge on any atom is -0.371 e. The molecule has 2 amide bonds. The molecular weight excluding hydrogens is 512 g/mol. The molecule has 0 unspecified atom stereocenters. The molecule has 0 bridgehead atoms. The van der Waals surface area contributed by atoms with Gasteiger partial charge in [-0.05, 0) is 87.1 Å². The van der Waals surface area contributed by atoms with Crippen LogP contribution in [-0.2, 0) is 21.2 Å². The maximum Gasteiger partial charge on any atom is 0.261 e. The van der Waals surface area contributed by atoms with E-state index >= 15 is 0 Å². The number of nitrogens with zero attached hydrogens (tertiary/aromatic N) is 1. The molecule has 39 heavy (non-hydrogen) atoms. The number of amides is 2. The van der Waals surface area contributed by atoms with Crippen molar-refractivity contribution in [1.82, 2.24) is 5.32 Å². The van der Waals surface area contributed by atoms with E-state index in [4.69, 9.17) is 0 Å². The maximum atomic E-state index is 13.2. The molecule has 1 aliphatic heterocycles. The topological polar surface area (TPSA) is 108 Å². The number of benzene rings is 3. The smallest absolute Gasteiger partial charge is 0.261 e. The van der Waals surface area contributed by atoms with Gasteiger partial charge in [-0.15, -0.1) is 0 Å². The fourth-order valence-corrected chi connectivity index (χ4v) is 5.91. The van der Waals surface area contributed by atoms with Crippen LogP contribution in [0.25, 0.3) is 0 Å². The second kappa shape index (κ2) is 12.3. The second-order valence-electron chi connectivity index (χ2n) is 10.3. The Bertz CT molecular complexity index is 1400. The third-order valence-corrected chi connectivity index (χ3v) is 8.12. The van der Waals surface area contributed by atoms with Gasteiger partial charge >= 0.3 is 0 Å². The van der Waals surface area contributed by atoms with Crippen LogP contribution in [0.3, 0.4) is 0 Å². The minimum atomic E-state index is -3.91. The van der Waals surface area contributed by atoms with E-state index in [1.807, 2.05) is 26.0 Å². The highest BCUT2D eigenvalue weighted by atomic mass is 32.2. The van der Waals surface area contributed by atoms with Gasteiger partial charge in [-0.3, -0.25) is 14.3 Å². The number of sulfonamides is 1. The van der Waals surface area contributed by atoms with Crippen LogP contribution in [0.5, 0.6) is 0 Å². The van der Waals surface area contributed by atoms with Gasteiger partial charge in [-0.1, -0.05) is 30.3 Å². The first-order valence-electron chi connectivity index (χ1n) is 13.2. The number of piperidine rings is 1. The third kappa shape index (κ3) is 7.60. The van der Waals surface area contributed by atoms with Crippen molar-refractivity contribution in [2.75, 3.05) is 28.0 Å². The van der Waals surface area contributed by atoms with Crippen molar-refractivity contribution < 1.29 is 18.0 Å². The van der Waals surface area contributed by atoms with Crippen molar-refractivity contribution in [2.45, 2.75) is 51.0 Å². The van der Waals surface area contributed by atoms with Gasteiger partial charge in [0.15, 0.2) is 0 Å². The summed E-state index contributed by atoms with van der Waals surface area (Å²) in [5.74, 6) is 0.100. The first kappa shape index (κ1) is 28.2. The zero-order valence-corrected chi connectivity index (χ0v) is 23.4. The van der Waals surface area contributed by atoms with Gasteiger partial charge in [0.25, 0.3) is 15.9 Å². The summed E-state index contributed by atoms with van der Waals surface area (Å²) in [7, 11) is -3.91. The molecule has 1 saturated heterocycles. The van der Waals surface area contributed by atoms with E-state index in [1.54, 1.807) is 12.1 Å². The van der Waals surface area contributed by atoms with E-state index in [0.717, 1.165) is 38.0 Å². The van der Waals surface area contributed by atoms with Crippen molar-refractivity contribution in [3.05, 3.63) is 83.9 Å². The summed E-state index contributed by atoms with van der Waals surface area (Å²) in [6, 6.07) is 21.5. The minimum absolute atomic E-state index is 0.0503. The molecular formula is C30H36N4O4S. The number of hydrogen-bond donors (Lipinski definition) is 3. The summed E-state index contributed by atoms with van der Waals surface area (Å²) in [5, 5.41) is 5.56. The highest BCUT2D eigenvalue weighted by Crippen LogP contribution is 2.31. The molecule has 9 heteroatoms. The Kier molecular flexibility index (Phi) is 8.91. The van der Waals surface area contributed by atoms with E-state index in [1.165, 1.54) is 36.8 Å². The lowest BCUT2D eigenvalue weighted by Gasteiger charge is -2.35. The van der Waals surface area contributed by atoms with Crippen LogP contribution in [0, 0.1) is 5.92 Å². The fourth-order valence-electron chi connectivity index (χ4n) is 4.86. The van der Waals surface area contributed by atoms with Crippen molar-refractivity contribution in [3.63, 3.8) is 0 Å². The predicted octanol–water partition coefficient (Wildman–Crippen LogP) is 5.04. The van der Waals surface area contributed by atoms with Crippen LogP contribution >= 0.6 is 0 Å². The van der Waals surface area contributed by atoms with Gasteiger partial charge in [0.1, 0.15) is 0 Å². The summed E-state index contributed by atoms with van der Waals surface area (Å²) in [5.41, 5.74) is 3.39. The average molecular weight is 549 g/mol. The van der Waals surface area contributed by atoms with Crippen LogP contribution in [0.1, 0.15) is 49.5 Å². The summed E-state index contributed by atoms with van der Waals surface area (Å²) in [6.07, 6.45) is 3.08. The Balaban J connectivity index is 1.52. The Morgan fingerprint density at radius 1 is 0.923 bits per heavy atom. The molecule has 0 atom stereocenters.